The zero-order valence-electron chi connectivity index (χ0n) is 10.6. The summed E-state index contributed by atoms with van der Waals surface area (Å²) in [6, 6.07) is 8.14. The fourth-order valence-electron chi connectivity index (χ4n) is 2.66. The van der Waals surface area contributed by atoms with Gasteiger partial charge in [-0.3, -0.25) is 0 Å². The lowest BCUT2D eigenvalue weighted by molar-refractivity contribution is -0.567. The van der Waals surface area contributed by atoms with Gasteiger partial charge in [0.1, 0.15) is 17.1 Å². The van der Waals surface area contributed by atoms with Gasteiger partial charge in [0.15, 0.2) is 0 Å². The Morgan fingerprint density at radius 3 is 2.95 bits per heavy atom. The van der Waals surface area contributed by atoms with Crippen LogP contribution in [0.1, 0.15) is 11.3 Å². The molecule has 1 aromatic carbocycles. The maximum Gasteiger partial charge on any atom is 0.296 e. The molecule has 1 N–H and O–H groups in total. The molecule has 0 unspecified atom stereocenters. The van der Waals surface area contributed by atoms with Crippen molar-refractivity contribution in [1.82, 2.24) is 9.61 Å². The van der Waals surface area contributed by atoms with E-state index >= 15 is 0 Å². The second-order valence-corrected chi connectivity index (χ2v) is 5.25. The second kappa shape index (κ2) is 3.48. The van der Waals surface area contributed by atoms with Gasteiger partial charge in [-0.05, 0) is 31.5 Å². The molecule has 0 aliphatic carbocycles. The minimum Gasteiger partial charge on any atom is -0.346 e. The van der Waals surface area contributed by atoms with Gasteiger partial charge in [0.05, 0.1) is 10.7 Å². The molecule has 4 rings (SSSR count). The number of fused-ring (bicyclic) bond motifs is 2. The van der Waals surface area contributed by atoms with Crippen molar-refractivity contribution in [2.75, 3.05) is 5.32 Å². The van der Waals surface area contributed by atoms with Gasteiger partial charge in [0.25, 0.3) is 12.0 Å². The van der Waals surface area contributed by atoms with Crippen LogP contribution in [0.15, 0.2) is 30.6 Å². The van der Waals surface area contributed by atoms with Gasteiger partial charge in [0, 0.05) is 5.10 Å². The first-order chi connectivity index (χ1) is 9.16. The van der Waals surface area contributed by atoms with Crippen molar-refractivity contribution >= 4 is 28.6 Å². The highest BCUT2D eigenvalue weighted by Gasteiger charge is 2.28. The summed E-state index contributed by atoms with van der Waals surface area (Å²) >= 11 is 6.37. The molecule has 4 nitrogen and oxygen atoms in total. The Morgan fingerprint density at radius 2 is 2.11 bits per heavy atom. The van der Waals surface area contributed by atoms with Crippen LogP contribution in [-0.2, 0) is 0 Å². The van der Waals surface area contributed by atoms with Gasteiger partial charge in [0.2, 0.25) is 0 Å². The van der Waals surface area contributed by atoms with Gasteiger partial charge in [-0.1, -0.05) is 28.2 Å². The highest BCUT2D eigenvalue weighted by Crippen LogP contribution is 2.36. The fraction of sp³-hybridized carbons (Fsp3) is 0.143. The molecule has 0 saturated carbocycles. The molecule has 1 aliphatic heterocycles. The van der Waals surface area contributed by atoms with Crippen LogP contribution in [0.5, 0.6) is 0 Å². The first-order valence-corrected chi connectivity index (χ1v) is 6.50. The number of aromatic nitrogens is 3. The molecule has 0 amide bonds. The van der Waals surface area contributed by atoms with Gasteiger partial charge >= 0.3 is 0 Å². The number of anilines is 2. The number of benzene rings is 1. The standard InChI is InChI=1S/C14H12ClN4/c1-8-4-3-5-11-12(8)17-13-10(15)6-9(2)19-14(13)18(11)7-16-19/h3-7,17H,1-2H3/q+1. The molecular weight excluding hydrogens is 260 g/mol. The number of nitrogens with one attached hydrogen (secondary N) is 1. The van der Waals surface area contributed by atoms with Gasteiger partial charge in [-0.25, -0.2) is 0 Å². The van der Waals surface area contributed by atoms with Gasteiger partial charge in [-0.15, -0.1) is 0 Å². The minimum atomic E-state index is 0.716. The molecule has 0 atom stereocenters. The van der Waals surface area contributed by atoms with Crippen LogP contribution in [0.3, 0.4) is 0 Å². The Bertz CT molecular complexity index is 835. The normalized spacial score (nSPS) is 12.4. The molecule has 3 aromatic rings. The summed E-state index contributed by atoms with van der Waals surface area (Å²) < 4.78 is 3.98. The highest BCUT2D eigenvalue weighted by molar-refractivity contribution is 6.34. The van der Waals surface area contributed by atoms with Crippen LogP contribution in [-0.4, -0.2) is 9.61 Å². The summed E-state index contributed by atoms with van der Waals surface area (Å²) in [5.74, 6) is 0. The van der Waals surface area contributed by atoms with Crippen molar-refractivity contribution in [2.45, 2.75) is 13.8 Å². The minimum absolute atomic E-state index is 0.716. The number of pyridine rings is 1. The van der Waals surface area contributed by atoms with E-state index in [0.717, 1.165) is 28.4 Å². The van der Waals surface area contributed by atoms with Crippen molar-refractivity contribution in [1.29, 1.82) is 0 Å². The van der Waals surface area contributed by atoms with Crippen LogP contribution < -0.4 is 9.88 Å². The monoisotopic (exact) mass is 271 g/mol. The summed E-state index contributed by atoms with van der Waals surface area (Å²) in [4.78, 5) is 0. The third-order valence-corrected chi connectivity index (χ3v) is 3.90. The van der Waals surface area contributed by atoms with Crippen LogP contribution in [0.25, 0.3) is 11.3 Å². The molecule has 0 spiro atoms. The lowest BCUT2D eigenvalue weighted by atomic mass is 10.1. The number of halogens is 1. The molecule has 94 valence electrons. The van der Waals surface area contributed by atoms with Crippen molar-refractivity contribution in [3.63, 3.8) is 0 Å². The van der Waals surface area contributed by atoms with Crippen molar-refractivity contribution in [3.05, 3.63) is 46.9 Å². The predicted molar refractivity (Wildman–Crippen MR) is 74.5 cm³/mol. The highest BCUT2D eigenvalue weighted by atomic mass is 35.5. The molecule has 3 heterocycles. The van der Waals surface area contributed by atoms with E-state index in [1.165, 1.54) is 5.56 Å². The first-order valence-electron chi connectivity index (χ1n) is 6.12. The molecule has 0 fully saturated rings. The molecule has 5 heteroatoms. The summed E-state index contributed by atoms with van der Waals surface area (Å²) in [6.45, 7) is 4.08. The predicted octanol–water partition coefficient (Wildman–Crippen LogP) is 2.94. The third kappa shape index (κ3) is 1.29. The molecular formula is C14H12ClN4+. The van der Waals surface area contributed by atoms with Crippen LogP contribution in [0.2, 0.25) is 5.02 Å². The topological polar surface area (TPSA) is 33.2 Å². The fourth-order valence-corrected chi connectivity index (χ4v) is 2.94. The Kier molecular flexibility index (Phi) is 1.98. The summed E-state index contributed by atoms with van der Waals surface area (Å²) in [5.41, 5.74) is 6.27. The number of hydrogen-bond acceptors (Lipinski definition) is 2. The Balaban J connectivity index is 2.21. The van der Waals surface area contributed by atoms with Crippen molar-refractivity contribution in [3.8, 4) is 5.69 Å². The van der Waals surface area contributed by atoms with Gasteiger partial charge in [-0.2, -0.15) is 4.57 Å². The van der Waals surface area contributed by atoms with Crippen LogP contribution >= 0.6 is 11.6 Å². The Hall–Kier alpha value is -2.07. The van der Waals surface area contributed by atoms with Crippen molar-refractivity contribution < 1.29 is 4.57 Å². The molecule has 1 aliphatic rings. The zero-order valence-corrected chi connectivity index (χ0v) is 11.4. The van der Waals surface area contributed by atoms with Gasteiger partial charge < -0.3 is 5.32 Å². The average molecular weight is 272 g/mol. The second-order valence-electron chi connectivity index (χ2n) is 4.84. The average Bonchev–Trinajstić information content (AvgIpc) is 2.82. The maximum absolute atomic E-state index is 6.37. The number of para-hydroxylation sites is 1. The zero-order chi connectivity index (χ0) is 13.1. The largest absolute Gasteiger partial charge is 0.346 e. The van der Waals surface area contributed by atoms with E-state index in [1.807, 2.05) is 23.8 Å². The molecule has 0 bridgehead atoms. The summed E-state index contributed by atoms with van der Waals surface area (Å²) in [6.07, 6.45) is 1.83. The maximum atomic E-state index is 6.37. The van der Waals surface area contributed by atoms with Crippen LogP contribution in [0.4, 0.5) is 11.4 Å². The van der Waals surface area contributed by atoms with E-state index < -0.39 is 0 Å². The SMILES string of the molecule is Cc1cccc2c1Nc1c(Cl)cc(C)n3nc[n+]-2c13. The van der Waals surface area contributed by atoms with E-state index in [9.17, 15) is 0 Å². The number of rotatable bonds is 0. The van der Waals surface area contributed by atoms with Crippen LogP contribution in [0, 0.1) is 13.8 Å². The molecule has 0 saturated heterocycles. The van der Waals surface area contributed by atoms with E-state index in [1.54, 1.807) is 0 Å². The Labute approximate surface area is 115 Å². The number of nitrogens with zero attached hydrogens (tertiary/aromatic N) is 3. The molecule has 0 radical (unpaired) electrons. The first kappa shape index (κ1) is 10.8. The number of aryl methyl sites for hydroxylation is 2. The van der Waals surface area contributed by atoms with E-state index in [2.05, 4.69) is 40.1 Å². The van der Waals surface area contributed by atoms with E-state index in [4.69, 9.17) is 11.6 Å². The van der Waals surface area contributed by atoms with E-state index in [-0.39, 0.29) is 0 Å². The third-order valence-electron chi connectivity index (χ3n) is 3.60. The molecule has 2 aromatic heterocycles. The number of hydrogen-bond donors (Lipinski definition) is 1. The Morgan fingerprint density at radius 1 is 1.26 bits per heavy atom. The smallest absolute Gasteiger partial charge is 0.296 e. The summed E-state index contributed by atoms with van der Waals surface area (Å²) in [7, 11) is 0. The lowest BCUT2D eigenvalue weighted by Gasteiger charge is -2.19. The van der Waals surface area contributed by atoms with Crippen molar-refractivity contribution in [2.24, 2.45) is 0 Å². The lowest BCUT2D eigenvalue weighted by Crippen LogP contribution is -2.34. The van der Waals surface area contributed by atoms with E-state index in [0.29, 0.717) is 5.02 Å². The quantitative estimate of drug-likeness (QED) is 0.499. The molecule has 19 heavy (non-hydrogen) atoms. The summed E-state index contributed by atoms with van der Waals surface area (Å²) in [5, 5.41) is 8.60.